The normalized spacial score (nSPS) is 18.0. The van der Waals surface area contributed by atoms with Gasteiger partial charge in [-0.3, -0.25) is 0 Å². The maximum Gasteiger partial charge on any atom is 0.0814 e. The molecule has 0 aromatic rings. The van der Waals surface area contributed by atoms with Gasteiger partial charge in [0.25, 0.3) is 0 Å². The van der Waals surface area contributed by atoms with Gasteiger partial charge in [-0.25, -0.2) is 0 Å². The number of ether oxygens (including phenoxy) is 1. The number of rotatable bonds is 0. The van der Waals surface area contributed by atoms with E-state index in [-0.39, 0.29) is 16.8 Å². The van der Waals surface area contributed by atoms with Crippen molar-refractivity contribution in [2.45, 2.75) is 0 Å². The summed E-state index contributed by atoms with van der Waals surface area (Å²) in [6.45, 7) is 3.83. The van der Waals surface area contributed by atoms with E-state index in [4.69, 9.17) is 4.74 Å². The predicted molar refractivity (Wildman–Crippen MR) is 43.6 cm³/mol. The van der Waals surface area contributed by atoms with E-state index >= 15 is 0 Å². The van der Waals surface area contributed by atoms with Gasteiger partial charge in [-0.2, -0.15) is 0 Å². The Labute approximate surface area is 54.1 Å². The van der Waals surface area contributed by atoms with Crippen LogP contribution >= 0.6 is 0 Å². The van der Waals surface area contributed by atoms with Gasteiger partial charge in [0.05, 0.1) is 30.0 Å². The lowest BCUT2D eigenvalue weighted by atomic mass is 10.5. The van der Waals surface area contributed by atoms with E-state index < -0.39 is 0 Å². The molecule has 2 nitrogen and oxygen atoms in total. The van der Waals surface area contributed by atoms with Crippen LogP contribution in [0.1, 0.15) is 0 Å². The molecule has 0 unspecified atom stereocenters. The zero-order chi connectivity index (χ0) is 4.24. The monoisotopic (exact) mass is 115 g/mol. The highest BCUT2D eigenvalue weighted by Gasteiger charge is 1.92. The highest BCUT2D eigenvalue weighted by atomic mass is 16.5. The largest absolute Gasteiger partial charge is 0.379 e. The van der Waals surface area contributed by atoms with Gasteiger partial charge in [-0.05, 0) is 0 Å². The van der Waals surface area contributed by atoms with Crippen molar-refractivity contribution >= 4 is 16.8 Å². The zero-order valence-electron chi connectivity index (χ0n) is 3.74. The van der Waals surface area contributed by atoms with E-state index in [1.54, 1.807) is 0 Å². The van der Waals surface area contributed by atoms with E-state index in [0.717, 1.165) is 26.3 Å². The second-order valence-electron chi connectivity index (χ2n) is 1.36. The average Bonchev–Trinajstić information content (AvgIpc) is 1.72. The second-order valence-corrected chi connectivity index (χ2v) is 1.36. The Bertz CT molecular complexity index is 29.5. The summed E-state index contributed by atoms with van der Waals surface area (Å²) in [5, 5.41) is 3.16. The molecule has 8 heavy (non-hydrogen) atoms. The molecular weight excluding hydrogens is 99.7 g/mol. The van der Waals surface area contributed by atoms with Crippen LogP contribution in [0.15, 0.2) is 0 Å². The van der Waals surface area contributed by atoms with Crippen LogP contribution in [0.2, 0.25) is 0 Å². The van der Waals surface area contributed by atoms with Gasteiger partial charge in [0.2, 0.25) is 0 Å². The first-order chi connectivity index (χ1) is 3.00. The Morgan fingerprint density at radius 1 is 1.00 bits per heavy atom. The fraction of sp³-hybridized carbons (Fsp3) is 1.00. The smallest absolute Gasteiger partial charge is 0.0814 e. The third-order valence-electron chi connectivity index (χ3n) is 0.846. The number of morpholine rings is 1. The third kappa shape index (κ3) is 4.22. The first-order valence-electron chi connectivity index (χ1n) is 2.28. The summed E-state index contributed by atoms with van der Waals surface area (Å²) < 4.78 is 5.01. The Kier molecular flexibility index (Phi) is 9.63. The van der Waals surface area contributed by atoms with Gasteiger partial charge in [0.15, 0.2) is 0 Å². The molecule has 48 valence electrons. The molecule has 0 aromatic heterocycles. The minimum absolute atomic E-state index is 0. The fourth-order valence-electron chi connectivity index (χ4n) is 0.516. The van der Waals surface area contributed by atoms with E-state index in [9.17, 15) is 0 Å². The van der Waals surface area contributed by atoms with Gasteiger partial charge >= 0.3 is 0 Å². The van der Waals surface area contributed by atoms with Crippen molar-refractivity contribution in [3.8, 4) is 0 Å². The van der Waals surface area contributed by atoms with Crippen molar-refractivity contribution in [2.75, 3.05) is 26.3 Å². The molecule has 0 radical (unpaired) electrons. The van der Waals surface area contributed by atoms with Crippen LogP contribution in [0.3, 0.4) is 0 Å². The highest BCUT2D eigenvalue weighted by molar-refractivity contribution is 5.76. The van der Waals surface area contributed by atoms with Crippen molar-refractivity contribution in [1.29, 1.82) is 0 Å². The summed E-state index contributed by atoms with van der Waals surface area (Å²) in [6, 6.07) is 0. The zero-order valence-corrected chi connectivity index (χ0v) is 3.74. The van der Waals surface area contributed by atoms with Gasteiger partial charge in [0.1, 0.15) is 0 Å². The molecule has 0 atom stereocenters. The lowest BCUT2D eigenvalue weighted by Gasteiger charge is -2.10. The molecule has 0 saturated carbocycles. The Morgan fingerprint density at radius 2 is 1.50 bits per heavy atom. The molecular formula is C4H15B2NO. The Hall–Kier alpha value is 0.0499. The molecule has 1 saturated heterocycles. The molecule has 1 aliphatic rings. The molecule has 0 amide bonds. The molecule has 1 fully saturated rings. The highest BCUT2D eigenvalue weighted by Crippen LogP contribution is 1.76. The van der Waals surface area contributed by atoms with Gasteiger partial charge in [-0.1, -0.05) is 0 Å². The Balaban J connectivity index is 0. The van der Waals surface area contributed by atoms with Gasteiger partial charge in [0, 0.05) is 13.1 Å². The fourth-order valence-corrected chi connectivity index (χ4v) is 0.516. The topological polar surface area (TPSA) is 21.3 Å². The summed E-state index contributed by atoms with van der Waals surface area (Å²) in [5.41, 5.74) is 0. The molecule has 1 N–H and O–H groups in total. The first-order valence-corrected chi connectivity index (χ1v) is 2.28. The molecule has 1 rings (SSSR count). The standard InChI is InChI=1S/C4H9NO.2BH3/c1-3-6-4-2-5-1;;/h5H,1-4H2;2*1H3. The molecule has 1 aliphatic heterocycles. The van der Waals surface area contributed by atoms with Crippen LogP contribution in [0.4, 0.5) is 0 Å². The molecule has 0 bridgehead atoms. The van der Waals surface area contributed by atoms with Crippen LogP contribution in [0, 0.1) is 0 Å². The third-order valence-corrected chi connectivity index (χ3v) is 0.846. The predicted octanol–water partition coefficient (Wildman–Crippen LogP) is -2.76. The van der Waals surface area contributed by atoms with E-state index in [0.29, 0.717) is 0 Å². The maximum atomic E-state index is 5.01. The van der Waals surface area contributed by atoms with Crippen LogP contribution in [0.25, 0.3) is 0 Å². The molecule has 0 aromatic carbocycles. The summed E-state index contributed by atoms with van der Waals surface area (Å²) in [4.78, 5) is 0. The average molecular weight is 115 g/mol. The number of hydrogen-bond donors (Lipinski definition) is 1. The summed E-state index contributed by atoms with van der Waals surface area (Å²) in [5.74, 6) is 0. The summed E-state index contributed by atoms with van der Waals surface area (Å²) in [7, 11) is 0. The number of hydrogen-bond acceptors (Lipinski definition) is 2. The van der Waals surface area contributed by atoms with Crippen molar-refractivity contribution in [3.63, 3.8) is 0 Å². The molecule has 4 heteroatoms. The minimum Gasteiger partial charge on any atom is -0.379 e. The van der Waals surface area contributed by atoms with E-state index in [2.05, 4.69) is 5.32 Å². The van der Waals surface area contributed by atoms with E-state index in [1.807, 2.05) is 0 Å². The van der Waals surface area contributed by atoms with Crippen LogP contribution in [-0.2, 0) is 4.74 Å². The molecule has 0 aliphatic carbocycles. The minimum atomic E-state index is 0. The molecule has 1 heterocycles. The van der Waals surface area contributed by atoms with Crippen molar-refractivity contribution in [3.05, 3.63) is 0 Å². The lowest BCUT2D eigenvalue weighted by Crippen LogP contribution is -2.30. The number of nitrogens with one attached hydrogen (secondary N) is 1. The summed E-state index contributed by atoms with van der Waals surface area (Å²) in [6.07, 6.45) is 0. The van der Waals surface area contributed by atoms with E-state index in [1.165, 1.54) is 0 Å². The van der Waals surface area contributed by atoms with Crippen molar-refractivity contribution in [2.24, 2.45) is 0 Å². The summed E-state index contributed by atoms with van der Waals surface area (Å²) >= 11 is 0. The maximum absolute atomic E-state index is 5.01. The van der Waals surface area contributed by atoms with Crippen LogP contribution < -0.4 is 5.32 Å². The van der Waals surface area contributed by atoms with Crippen LogP contribution in [0.5, 0.6) is 0 Å². The van der Waals surface area contributed by atoms with Crippen molar-refractivity contribution < 1.29 is 4.74 Å². The molecule has 0 spiro atoms. The van der Waals surface area contributed by atoms with Gasteiger partial charge in [-0.15, -0.1) is 0 Å². The van der Waals surface area contributed by atoms with Crippen molar-refractivity contribution in [1.82, 2.24) is 5.32 Å². The quantitative estimate of drug-likeness (QED) is 0.345. The van der Waals surface area contributed by atoms with Gasteiger partial charge < -0.3 is 10.1 Å². The first kappa shape index (κ1) is 10.9. The second kappa shape index (κ2) is 7.05. The Morgan fingerprint density at radius 3 is 1.62 bits per heavy atom. The lowest BCUT2D eigenvalue weighted by molar-refractivity contribution is 0.109. The van der Waals surface area contributed by atoms with Crippen LogP contribution in [-0.4, -0.2) is 43.1 Å². The SMILES string of the molecule is B.B.C1COCCN1.